The van der Waals surface area contributed by atoms with E-state index >= 15 is 0 Å². The van der Waals surface area contributed by atoms with Gasteiger partial charge in [-0.2, -0.15) is 0 Å². The maximum absolute atomic E-state index is 3.79. The highest BCUT2D eigenvalue weighted by atomic mass is 32.1. The molecule has 1 aliphatic heterocycles. The molecule has 0 atom stereocenters. The highest BCUT2D eigenvalue weighted by Crippen LogP contribution is 2.38. The second kappa shape index (κ2) is 5.19. The maximum Gasteiger partial charge on any atom is 0.0338 e. The Morgan fingerprint density at radius 1 is 1.26 bits per heavy atom. The largest absolute Gasteiger partial charge is 0.309 e. The summed E-state index contributed by atoms with van der Waals surface area (Å²) in [5.41, 5.74) is 0.678. The molecule has 2 heterocycles. The van der Waals surface area contributed by atoms with Crippen LogP contribution in [0.3, 0.4) is 0 Å². The van der Waals surface area contributed by atoms with E-state index in [0.29, 0.717) is 5.54 Å². The third-order valence-corrected chi connectivity index (χ3v) is 5.73. The Labute approximate surface area is 121 Å². The molecular weight excluding hydrogens is 252 g/mol. The standard InChI is InChI=1S/C16H26N2S/c1-15(2)13-18(11-14-7-6-10-19-14)16(12-17-15)8-4-3-5-9-16/h6-7,10,17H,3-5,8-9,11-13H2,1-2H3. The van der Waals surface area contributed by atoms with Crippen LogP contribution in [0.1, 0.15) is 50.8 Å². The van der Waals surface area contributed by atoms with Crippen LogP contribution < -0.4 is 5.32 Å². The summed E-state index contributed by atoms with van der Waals surface area (Å²) in [6, 6.07) is 4.47. The van der Waals surface area contributed by atoms with Gasteiger partial charge in [0, 0.05) is 35.6 Å². The van der Waals surface area contributed by atoms with E-state index in [1.807, 2.05) is 11.3 Å². The Morgan fingerprint density at radius 3 is 2.74 bits per heavy atom. The lowest BCUT2D eigenvalue weighted by atomic mass is 9.77. The molecule has 1 saturated heterocycles. The lowest BCUT2D eigenvalue weighted by Crippen LogP contribution is -2.68. The van der Waals surface area contributed by atoms with Gasteiger partial charge in [-0.1, -0.05) is 25.3 Å². The lowest BCUT2D eigenvalue weighted by Gasteiger charge is -2.54. The monoisotopic (exact) mass is 278 g/mol. The number of hydrogen-bond acceptors (Lipinski definition) is 3. The molecule has 1 N–H and O–H groups in total. The van der Waals surface area contributed by atoms with Gasteiger partial charge in [0.25, 0.3) is 0 Å². The minimum atomic E-state index is 0.250. The average Bonchev–Trinajstić information content (AvgIpc) is 2.88. The maximum atomic E-state index is 3.79. The van der Waals surface area contributed by atoms with Crippen molar-refractivity contribution in [1.82, 2.24) is 10.2 Å². The zero-order chi connectivity index (χ0) is 13.3. The van der Waals surface area contributed by atoms with Gasteiger partial charge >= 0.3 is 0 Å². The van der Waals surface area contributed by atoms with Gasteiger partial charge in [0.05, 0.1) is 0 Å². The summed E-state index contributed by atoms with van der Waals surface area (Å²) in [5, 5.41) is 5.99. The van der Waals surface area contributed by atoms with Crippen LogP contribution in [0.25, 0.3) is 0 Å². The SMILES string of the molecule is CC1(C)CN(Cc2cccs2)C2(CCCCC2)CN1. The highest BCUT2D eigenvalue weighted by Gasteiger charge is 2.44. The van der Waals surface area contributed by atoms with Gasteiger partial charge in [-0.25, -0.2) is 0 Å². The molecule has 1 aromatic heterocycles. The zero-order valence-electron chi connectivity index (χ0n) is 12.2. The molecular formula is C16H26N2S. The van der Waals surface area contributed by atoms with Crippen molar-refractivity contribution in [1.29, 1.82) is 0 Å². The first kappa shape index (κ1) is 13.6. The Hall–Kier alpha value is -0.380. The molecule has 0 unspecified atom stereocenters. The fourth-order valence-corrected chi connectivity index (χ4v) is 4.45. The smallest absolute Gasteiger partial charge is 0.0338 e. The fraction of sp³-hybridized carbons (Fsp3) is 0.750. The third kappa shape index (κ3) is 2.88. The van der Waals surface area contributed by atoms with Gasteiger partial charge in [0.15, 0.2) is 0 Å². The van der Waals surface area contributed by atoms with Gasteiger partial charge in [-0.05, 0) is 38.1 Å². The van der Waals surface area contributed by atoms with Crippen molar-refractivity contribution in [3.63, 3.8) is 0 Å². The average molecular weight is 278 g/mol. The summed E-state index contributed by atoms with van der Waals surface area (Å²) in [6.45, 7) is 8.16. The van der Waals surface area contributed by atoms with Crippen LogP contribution in [0.15, 0.2) is 17.5 Å². The molecule has 19 heavy (non-hydrogen) atoms. The van der Waals surface area contributed by atoms with E-state index < -0.39 is 0 Å². The molecule has 1 spiro atoms. The molecule has 3 heteroatoms. The molecule has 1 saturated carbocycles. The summed E-state index contributed by atoms with van der Waals surface area (Å²) >= 11 is 1.90. The highest BCUT2D eigenvalue weighted by molar-refractivity contribution is 7.09. The van der Waals surface area contributed by atoms with Crippen molar-refractivity contribution in [2.45, 2.75) is 63.6 Å². The van der Waals surface area contributed by atoms with E-state index in [4.69, 9.17) is 0 Å². The first-order valence-corrected chi connectivity index (χ1v) is 8.50. The number of thiophene rings is 1. The molecule has 2 nitrogen and oxygen atoms in total. The topological polar surface area (TPSA) is 15.3 Å². The first-order valence-electron chi connectivity index (χ1n) is 7.62. The number of hydrogen-bond donors (Lipinski definition) is 1. The second-order valence-electron chi connectivity index (χ2n) is 6.96. The number of rotatable bonds is 2. The summed E-state index contributed by atoms with van der Waals surface area (Å²) in [4.78, 5) is 4.30. The fourth-order valence-electron chi connectivity index (χ4n) is 3.73. The molecule has 0 bridgehead atoms. The predicted molar refractivity (Wildman–Crippen MR) is 82.6 cm³/mol. The van der Waals surface area contributed by atoms with Crippen LogP contribution in [0.2, 0.25) is 0 Å². The first-order chi connectivity index (χ1) is 9.10. The Balaban J connectivity index is 1.80. The van der Waals surface area contributed by atoms with Crippen molar-refractivity contribution in [3.8, 4) is 0 Å². The van der Waals surface area contributed by atoms with Gasteiger partial charge in [-0.3, -0.25) is 4.90 Å². The molecule has 3 rings (SSSR count). The van der Waals surface area contributed by atoms with Crippen LogP contribution in [-0.2, 0) is 6.54 Å². The molecule has 2 fully saturated rings. The summed E-state index contributed by atoms with van der Waals surface area (Å²) in [6.07, 6.45) is 6.99. The van der Waals surface area contributed by atoms with E-state index in [0.717, 1.165) is 6.54 Å². The normalized spacial score (nSPS) is 26.6. The Bertz CT molecular complexity index is 404. The molecule has 1 aromatic rings. The van der Waals surface area contributed by atoms with Crippen LogP contribution in [0.5, 0.6) is 0 Å². The Morgan fingerprint density at radius 2 is 2.05 bits per heavy atom. The summed E-state index contributed by atoms with van der Waals surface area (Å²) in [7, 11) is 0. The van der Waals surface area contributed by atoms with E-state index in [-0.39, 0.29) is 5.54 Å². The molecule has 2 aliphatic rings. The van der Waals surface area contributed by atoms with Crippen LogP contribution in [0, 0.1) is 0 Å². The van der Waals surface area contributed by atoms with E-state index in [1.54, 1.807) is 0 Å². The van der Waals surface area contributed by atoms with Crippen molar-refractivity contribution >= 4 is 11.3 Å². The van der Waals surface area contributed by atoms with Gasteiger partial charge in [0.2, 0.25) is 0 Å². The predicted octanol–water partition coefficient (Wildman–Crippen LogP) is 3.63. The lowest BCUT2D eigenvalue weighted by molar-refractivity contribution is -0.0154. The molecule has 106 valence electrons. The quantitative estimate of drug-likeness (QED) is 0.888. The van der Waals surface area contributed by atoms with Crippen LogP contribution in [-0.4, -0.2) is 29.1 Å². The van der Waals surface area contributed by atoms with Gasteiger partial charge in [-0.15, -0.1) is 11.3 Å². The van der Waals surface area contributed by atoms with Crippen LogP contribution >= 0.6 is 11.3 Å². The van der Waals surface area contributed by atoms with E-state index in [9.17, 15) is 0 Å². The summed E-state index contributed by atoms with van der Waals surface area (Å²) < 4.78 is 0. The van der Waals surface area contributed by atoms with Crippen molar-refractivity contribution in [3.05, 3.63) is 22.4 Å². The molecule has 0 radical (unpaired) electrons. The molecule has 0 aromatic carbocycles. The van der Waals surface area contributed by atoms with E-state index in [1.165, 1.54) is 50.1 Å². The van der Waals surface area contributed by atoms with Crippen molar-refractivity contribution in [2.24, 2.45) is 0 Å². The number of nitrogens with one attached hydrogen (secondary N) is 1. The van der Waals surface area contributed by atoms with Crippen molar-refractivity contribution in [2.75, 3.05) is 13.1 Å². The minimum Gasteiger partial charge on any atom is -0.309 e. The van der Waals surface area contributed by atoms with Gasteiger partial charge < -0.3 is 5.32 Å². The zero-order valence-corrected chi connectivity index (χ0v) is 13.1. The third-order valence-electron chi connectivity index (χ3n) is 4.86. The van der Waals surface area contributed by atoms with E-state index in [2.05, 4.69) is 41.6 Å². The van der Waals surface area contributed by atoms with Gasteiger partial charge in [0.1, 0.15) is 0 Å². The van der Waals surface area contributed by atoms with Crippen molar-refractivity contribution < 1.29 is 0 Å². The second-order valence-corrected chi connectivity index (χ2v) is 7.99. The number of nitrogens with zero attached hydrogens (tertiary/aromatic N) is 1. The molecule has 1 aliphatic carbocycles. The summed E-state index contributed by atoms with van der Waals surface area (Å²) in [5.74, 6) is 0. The minimum absolute atomic E-state index is 0.250. The number of piperazine rings is 1. The van der Waals surface area contributed by atoms with Crippen LogP contribution in [0.4, 0.5) is 0 Å². The Kier molecular flexibility index (Phi) is 3.71. The molecule has 0 amide bonds.